The van der Waals surface area contributed by atoms with Crippen LogP contribution in [0.1, 0.15) is 35.9 Å². The average molecular weight is 448 g/mol. The van der Waals surface area contributed by atoms with Crippen LogP contribution in [0.25, 0.3) is 0 Å². The number of nitrogens with one attached hydrogen (secondary N) is 1. The highest BCUT2D eigenvalue weighted by molar-refractivity contribution is 6.00. The Labute approximate surface area is 190 Å². The zero-order valence-corrected chi connectivity index (χ0v) is 18.5. The fraction of sp³-hybridized carbons (Fsp3) is 0.292. The third-order valence-corrected chi connectivity index (χ3v) is 6.21. The van der Waals surface area contributed by atoms with Gasteiger partial charge in [-0.1, -0.05) is 12.1 Å². The number of allylic oxidation sites excluding steroid dienone is 2. The second-order valence-corrected chi connectivity index (χ2v) is 8.03. The normalized spacial score (nSPS) is 19.4. The van der Waals surface area contributed by atoms with Crippen molar-refractivity contribution in [1.82, 2.24) is 14.8 Å². The molecule has 5 rings (SSSR count). The Balaban J connectivity index is 1.58. The molecule has 1 aromatic heterocycles. The van der Waals surface area contributed by atoms with Crippen LogP contribution in [0.4, 0.5) is 5.95 Å². The fourth-order valence-corrected chi connectivity index (χ4v) is 4.73. The topological polar surface area (TPSA) is 108 Å². The van der Waals surface area contributed by atoms with Crippen molar-refractivity contribution in [1.29, 1.82) is 0 Å². The van der Waals surface area contributed by atoms with E-state index in [1.807, 2.05) is 18.2 Å². The first kappa shape index (κ1) is 20.9. The van der Waals surface area contributed by atoms with Gasteiger partial charge in [0.1, 0.15) is 18.1 Å². The van der Waals surface area contributed by atoms with E-state index in [4.69, 9.17) is 14.2 Å². The number of phenols is 1. The number of ketones is 1. The summed E-state index contributed by atoms with van der Waals surface area (Å²) in [5.41, 5.74) is 3.14. The van der Waals surface area contributed by atoms with Crippen LogP contribution < -0.4 is 19.5 Å². The Kier molecular flexibility index (Phi) is 5.16. The van der Waals surface area contributed by atoms with Crippen LogP contribution in [-0.4, -0.2) is 47.0 Å². The molecule has 9 heteroatoms. The lowest BCUT2D eigenvalue weighted by molar-refractivity contribution is -0.116. The van der Waals surface area contributed by atoms with Crippen molar-refractivity contribution in [2.45, 2.75) is 24.8 Å². The van der Waals surface area contributed by atoms with E-state index >= 15 is 0 Å². The third-order valence-electron chi connectivity index (χ3n) is 6.21. The van der Waals surface area contributed by atoms with Gasteiger partial charge >= 0.3 is 0 Å². The number of methoxy groups -OCH3 is 3. The van der Waals surface area contributed by atoms with Crippen molar-refractivity contribution in [2.75, 3.05) is 26.6 Å². The van der Waals surface area contributed by atoms with Crippen molar-refractivity contribution in [2.24, 2.45) is 0 Å². The minimum absolute atomic E-state index is 0.0111. The molecule has 0 bridgehead atoms. The number of aromatic hydroxyl groups is 1. The van der Waals surface area contributed by atoms with E-state index in [0.29, 0.717) is 41.6 Å². The standard InChI is InChI=1S/C24H24N4O5/c1-31-19-10-15(11-20(32-2)23(19)33-3)14-8-17-21(18(30)9-14)22(13-5-4-6-16(29)7-13)28-24(27-17)25-12-26-28/h4-7,10-12,14,22,29H,8-9H2,1-3H3,(H,25,26,27)/t14-,22+/m1/s1. The Morgan fingerprint density at radius 2 is 1.79 bits per heavy atom. The zero-order valence-electron chi connectivity index (χ0n) is 18.5. The molecule has 9 nitrogen and oxygen atoms in total. The summed E-state index contributed by atoms with van der Waals surface area (Å²) in [6.45, 7) is 0. The van der Waals surface area contributed by atoms with Gasteiger partial charge in [0.05, 0.1) is 21.3 Å². The summed E-state index contributed by atoms with van der Waals surface area (Å²) in [6, 6.07) is 10.2. The number of anilines is 1. The van der Waals surface area contributed by atoms with E-state index < -0.39 is 6.04 Å². The van der Waals surface area contributed by atoms with Gasteiger partial charge in [0, 0.05) is 17.7 Å². The molecule has 0 unspecified atom stereocenters. The number of carbonyl (C=O) groups excluding carboxylic acids is 1. The summed E-state index contributed by atoms with van der Waals surface area (Å²) in [5, 5.41) is 17.7. The summed E-state index contributed by atoms with van der Waals surface area (Å²) in [7, 11) is 4.71. The molecule has 2 aromatic carbocycles. The summed E-state index contributed by atoms with van der Waals surface area (Å²) in [4.78, 5) is 17.9. The molecule has 1 aliphatic carbocycles. The second kappa shape index (κ2) is 8.16. The quantitative estimate of drug-likeness (QED) is 0.611. The summed E-state index contributed by atoms with van der Waals surface area (Å²) < 4.78 is 18.1. The highest BCUT2D eigenvalue weighted by Gasteiger charge is 2.39. The van der Waals surface area contributed by atoms with Gasteiger partial charge in [0.25, 0.3) is 0 Å². The predicted molar refractivity (Wildman–Crippen MR) is 120 cm³/mol. The van der Waals surface area contributed by atoms with Gasteiger partial charge in [-0.3, -0.25) is 4.79 Å². The van der Waals surface area contributed by atoms with Crippen molar-refractivity contribution in [3.05, 3.63) is 65.1 Å². The largest absolute Gasteiger partial charge is 0.508 e. The van der Waals surface area contributed by atoms with Gasteiger partial charge in [0.2, 0.25) is 11.7 Å². The summed E-state index contributed by atoms with van der Waals surface area (Å²) in [5.74, 6) is 2.22. The van der Waals surface area contributed by atoms with Crippen LogP contribution in [0, 0.1) is 0 Å². The van der Waals surface area contributed by atoms with Gasteiger partial charge in [-0.05, 0) is 47.7 Å². The highest BCUT2D eigenvalue weighted by Crippen LogP contribution is 2.47. The van der Waals surface area contributed by atoms with Crippen molar-refractivity contribution >= 4 is 11.7 Å². The molecule has 2 atom stereocenters. The highest BCUT2D eigenvalue weighted by atomic mass is 16.5. The number of phenolic OH excluding ortho intramolecular Hbond substituents is 1. The Hall–Kier alpha value is -4.01. The molecule has 0 radical (unpaired) electrons. The molecule has 33 heavy (non-hydrogen) atoms. The molecule has 0 fully saturated rings. The number of nitrogens with zero attached hydrogens (tertiary/aromatic N) is 3. The summed E-state index contributed by atoms with van der Waals surface area (Å²) >= 11 is 0. The molecule has 0 spiro atoms. The maximum Gasteiger partial charge on any atom is 0.226 e. The zero-order chi connectivity index (χ0) is 23.1. The van der Waals surface area contributed by atoms with Crippen LogP contribution in [0.2, 0.25) is 0 Å². The Morgan fingerprint density at radius 1 is 1.03 bits per heavy atom. The van der Waals surface area contributed by atoms with Gasteiger partial charge in [-0.15, -0.1) is 0 Å². The molecule has 3 aromatic rings. The monoisotopic (exact) mass is 448 g/mol. The van der Waals surface area contributed by atoms with Crippen molar-refractivity contribution in [3.63, 3.8) is 0 Å². The molecule has 0 saturated carbocycles. The number of hydrogen-bond donors (Lipinski definition) is 2. The Bertz CT molecular complexity index is 1240. The molecule has 170 valence electrons. The molecule has 2 aliphatic rings. The van der Waals surface area contributed by atoms with E-state index in [9.17, 15) is 9.90 Å². The van der Waals surface area contributed by atoms with E-state index in [0.717, 1.165) is 16.8 Å². The van der Waals surface area contributed by atoms with Crippen LogP contribution in [0.3, 0.4) is 0 Å². The Morgan fingerprint density at radius 3 is 2.45 bits per heavy atom. The lowest BCUT2D eigenvalue weighted by atomic mass is 9.77. The van der Waals surface area contributed by atoms with Gasteiger partial charge in [-0.2, -0.15) is 10.1 Å². The lowest BCUT2D eigenvalue weighted by Crippen LogP contribution is -2.33. The first-order valence-corrected chi connectivity index (χ1v) is 10.6. The molecular weight excluding hydrogens is 424 g/mol. The molecule has 0 saturated heterocycles. The van der Waals surface area contributed by atoms with Gasteiger partial charge < -0.3 is 24.6 Å². The number of aromatic nitrogens is 3. The maximum absolute atomic E-state index is 13.5. The van der Waals surface area contributed by atoms with E-state index in [2.05, 4.69) is 15.4 Å². The minimum atomic E-state index is -0.459. The average Bonchev–Trinajstić information content (AvgIpc) is 3.29. The molecule has 2 N–H and O–H groups in total. The van der Waals surface area contributed by atoms with Crippen LogP contribution in [0.15, 0.2) is 54.0 Å². The number of fused-ring (bicyclic) bond motifs is 1. The molecule has 0 amide bonds. The first-order valence-electron chi connectivity index (χ1n) is 10.6. The van der Waals surface area contributed by atoms with Crippen LogP contribution >= 0.6 is 0 Å². The van der Waals surface area contributed by atoms with Crippen LogP contribution in [0.5, 0.6) is 23.0 Å². The van der Waals surface area contributed by atoms with E-state index in [-0.39, 0.29) is 17.5 Å². The smallest absolute Gasteiger partial charge is 0.226 e. The minimum Gasteiger partial charge on any atom is -0.508 e. The number of hydrogen-bond acceptors (Lipinski definition) is 8. The fourth-order valence-electron chi connectivity index (χ4n) is 4.73. The number of Topliss-reactive ketones (excluding diaryl/α,β-unsaturated/α-hetero) is 1. The van der Waals surface area contributed by atoms with Crippen LogP contribution in [-0.2, 0) is 4.79 Å². The predicted octanol–water partition coefficient (Wildman–Crippen LogP) is 3.43. The molecular formula is C24H24N4O5. The number of benzene rings is 2. The second-order valence-electron chi connectivity index (χ2n) is 8.03. The molecule has 2 heterocycles. The first-order chi connectivity index (χ1) is 16.0. The number of rotatable bonds is 5. The summed E-state index contributed by atoms with van der Waals surface area (Å²) in [6.07, 6.45) is 2.37. The SMILES string of the molecule is COc1cc([C@H]2CC(=O)C3=C(C2)Nc2ncnn2[C@H]3c2cccc(O)c2)cc(OC)c1OC. The maximum atomic E-state index is 13.5. The van der Waals surface area contributed by atoms with E-state index in [1.165, 1.54) is 6.33 Å². The van der Waals surface area contributed by atoms with Crippen molar-refractivity contribution < 1.29 is 24.1 Å². The van der Waals surface area contributed by atoms with E-state index in [1.54, 1.807) is 44.2 Å². The van der Waals surface area contributed by atoms with Gasteiger partial charge in [0.15, 0.2) is 17.3 Å². The molecule has 1 aliphatic heterocycles. The van der Waals surface area contributed by atoms with Gasteiger partial charge in [-0.25, -0.2) is 4.68 Å². The van der Waals surface area contributed by atoms with Crippen molar-refractivity contribution in [3.8, 4) is 23.0 Å². The number of ether oxygens (including phenoxy) is 3. The number of carbonyl (C=O) groups is 1. The third kappa shape index (κ3) is 3.45. The lowest BCUT2D eigenvalue weighted by Gasteiger charge is -2.35.